The van der Waals surface area contributed by atoms with Crippen molar-refractivity contribution in [2.45, 2.75) is 200 Å². The van der Waals surface area contributed by atoms with Gasteiger partial charge in [0.1, 0.15) is 47.8 Å². The summed E-state index contributed by atoms with van der Waals surface area (Å²) in [6, 6.07) is 35.6. The van der Waals surface area contributed by atoms with E-state index in [1.807, 2.05) is 24.3 Å². The maximum Gasteiger partial charge on any atom is 0.368 e. The number of hydrogen-bond acceptors (Lipinski definition) is 32. The zero-order chi connectivity index (χ0) is 88.6. The number of ketones is 4. The van der Waals surface area contributed by atoms with Crippen LogP contribution in [0.1, 0.15) is 147 Å². The number of hydrogen-bond donors (Lipinski definition) is 12. The van der Waals surface area contributed by atoms with Crippen molar-refractivity contribution in [1.82, 2.24) is 0 Å². The highest BCUT2D eigenvalue weighted by molar-refractivity contribution is 8.13. The van der Waals surface area contributed by atoms with Gasteiger partial charge in [-0.05, 0) is 120 Å². The molecule has 6 aliphatic heterocycles. The highest BCUT2D eigenvalue weighted by Gasteiger charge is 2.30. The molecule has 0 amide bonds. The number of esters is 1. The van der Waals surface area contributed by atoms with Crippen molar-refractivity contribution in [3.8, 4) is 5.75 Å². The van der Waals surface area contributed by atoms with Gasteiger partial charge in [0.2, 0.25) is 23.5 Å². The van der Waals surface area contributed by atoms with Crippen LogP contribution in [0.5, 0.6) is 5.75 Å². The van der Waals surface area contributed by atoms with Crippen molar-refractivity contribution >= 4 is 81.8 Å². The molecular formula is C90H126N6O31S. The van der Waals surface area contributed by atoms with E-state index in [9.17, 15) is 57.5 Å². The minimum atomic E-state index is -1.06. The lowest BCUT2D eigenvalue weighted by atomic mass is 10.0. The second-order valence-electron chi connectivity index (χ2n) is 27.9. The van der Waals surface area contributed by atoms with Crippen LogP contribution in [0.15, 0.2) is 150 Å². The van der Waals surface area contributed by atoms with Crippen molar-refractivity contribution in [3.63, 3.8) is 0 Å². The first-order valence-corrected chi connectivity index (χ1v) is 39.6. The maximum absolute atomic E-state index is 12.0. The molecule has 6 aromatic rings. The van der Waals surface area contributed by atoms with E-state index in [4.69, 9.17) is 127 Å². The highest BCUT2D eigenvalue weighted by atomic mass is 32.2. The molecular weight excluding hydrogens is 1690 g/mol. The largest absolute Gasteiger partial charge is 0.480 e. The number of carbonyl (C=O) groups excluding carboxylic acids is 6. The molecule has 6 unspecified atom stereocenters. The number of nitrogens with two attached hydrogens (primary N) is 6. The number of thioether (sulfide) groups is 1. The van der Waals surface area contributed by atoms with E-state index in [1.54, 1.807) is 121 Å². The third kappa shape index (κ3) is 42.2. The van der Waals surface area contributed by atoms with Gasteiger partial charge in [0.25, 0.3) is 6.29 Å². The molecule has 18 N–H and O–H groups in total. The van der Waals surface area contributed by atoms with Gasteiger partial charge in [-0.3, -0.25) is 52.7 Å². The summed E-state index contributed by atoms with van der Waals surface area (Å²) in [5, 5.41) is 52.2. The lowest BCUT2D eigenvalue weighted by Gasteiger charge is -2.10. The topological polar surface area (TPSA) is 602 Å². The molecule has 708 valence electrons. The second kappa shape index (κ2) is 61.2. The summed E-state index contributed by atoms with van der Waals surface area (Å²) in [5.74, 6) is -6.67. The fraction of sp³-hybridized carbons (Fsp3) is 0.467. The van der Waals surface area contributed by atoms with E-state index in [0.29, 0.717) is 140 Å². The Labute approximate surface area is 749 Å². The molecule has 0 aromatic heterocycles. The molecule has 38 heteroatoms. The van der Waals surface area contributed by atoms with E-state index < -0.39 is 103 Å². The van der Waals surface area contributed by atoms with Gasteiger partial charge in [0.15, 0.2) is 30.4 Å². The Hall–Kier alpha value is -10.4. The molecule has 0 saturated carbocycles. The number of carboxylic acids is 6. The molecule has 6 aromatic carbocycles. The number of benzene rings is 6. The monoisotopic (exact) mass is 1820 g/mol. The Kier molecular flexibility index (Phi) is 55.2. The molecule has 12 rings (SSSR count). The Morgan fingerprint density at radius 3 is 0.938 bits per heavy atom. The Bertz CT molecular complexity index is 4250. The SMILES string of the molecule is C.C.C.C.C.C.NC(Cc1ccc(C(=O)C2OCCO2)cc1)C(=O)O.NC(Cc1ccc(C(=O)CC2OCCO2)cc1)C(=O)O.NC(Cc1ccc(C(=O)CCC2OCCO2)cc1)C(=O)O.NC(Cc1ccc(CCC(=O)CC2OCCO2)cc1)C(=O)O.NC(Cc1ccc(OC(=O)C2OCCO2)cc1)C(=O)O.NC(Cc1ccc(SC(=O)C2OCCO2)cc1)C(=O)O. The van der Waals surface area contributed by atoms with Gasteiger partial charge in [0, 0.05) is 40.8 Å². The number of Topliss-reactive ketones (excluding diaryl/α,β-unsaturated/α-hetero) is 4. The van der Waals surface area contributed by atoms with Gasteiger partial charge in [-0.15, -0.1) is 0 Å². The lowest BCUT2D eigenvalue weighted by Crippen LogP contribution is -2.32. The number of carbonyl (C=O) groups is 12. The van der Waals surface area contributed by atoms with Crippen LogP contribution < -0.4 is 39.1 Å². The van der Waals surface area contributed by atoms with Crippen molar-refractivity contribution in [3.05, 3.63) is 201 Å². The summed E-state index contributed by atoms with van der Waals surface area (Å²) in [5.41, 5.74) is 40.2. The molecule has 6 saturated heterocycles. The fourth-order valence-electron chi connectivity index (χ4n) is 11.6. The Morgan fingerprint density at radius 2 is 0.586 bits per heavy atom. The minimum absolute atomic E-state index is 0. The van der Waals surface area contributed by atoms with Crippen molar-refractivity contribution in [2.24, 2.45) is 34.4 Å². The quantitative estimate of drug-likeness (QED) is 0.00812. The molecule has 37 nitrogen and oxygen atoms in total. The smallest absolute Gasteiger partial charge is 0.368 e. The summed E-state index contributed by atoms with van der Waals surface area (Å²) in [4.78, 5) is 136. The van der Waals surface area contributed by atoms with Gasteiger partial charge in [-0.25, -0.2) is 4.79 Å². The predicted octanol–water partition coefficient (Wildman–Crippen LogP) is 7.03. The Balaban J connectivity index is 0.000000761. The molecule has 0 aliphatic carbocycles. The van der Waals surface area contributed by atoms with Crippen molar-refractivity contribution < 1.29 is 150 Å². The zero-order valence-electron chi connectivity index (χ0n) is 66.5. The minimum Gasteiger partial charge on any atom is -0.480 e. The summed E-state index contributed by atoms with van der Waals surface area (Å²) in [6.45, 7) is 5.74. The molecule has 0 spiro atoms. The Morgan fingerprint density at radius 1 is 0.312 bits per heavy atom. The van der Waals surface area contributed by atoms with Crippen LogP contribution in [0.2, 0.25) is 0 Å². The number of aryl methyl sites for hydroxylation is 1. The fourth-order valence-corrected chi connectivity index (χ4v) is 12.3. The van der Waals surface area contributed by atoms with E-state index in [-0.39, 0.29) is 124 Å². The summed E-state index contributed by atoms with van der Waals surface area (Å²) in [7, 11) is 0. The maximum atomic E-state index is 12.0. The summed E-state index contributed by atoms with van der Waals surface area (Å²) in [6.07, 6.45) is 0.231. The summed E-state index contributed by atoms with van der Waals surface area (Å²) >= 11 is 1.04. The standard InChI is InChI=1S/C16H21NO5.C15H19NO5.C14H17NO5.C13H15NO6.C13H15NO5S.C13H15NO5.6CH4/c17-14(16(19)20)9-12-3-1-11(2-4-12)5-6-13(18)10-15-21-7-8-22-15;16-12(15(18)19)9-10-1-3-11(4-2-10)13(17)5-6-14-20-7-8-21-14;15-11(14(17)18)7-9-1-3-10(4-2-9)12(16)8-13-19-5-6-20-13;2*14-10(11(15)16)7-8-1-3-9(4-2-8)20-12(17)13-18-5-6-19-13;14-10(12(16)17)7-8-1-3-9(4-2-8)11(15)13-18-5-6-19-13;;;;;;/h1-4,14-15H,5-10,17H2,(H,19,20);1-4,12,14H,5-9,16H2,(H,18,19);1-4,11,13H,5-8,15H2,(H,17,18);2*1-4,10,13H,5-7,14H2,(H,15,16);1-4,10,13H,5-7,14H2,(H,16,17);6*1H4. The molecule has 6 heterocycles. The third-order valence-electron chi connectivity index (χ3n) is 18.3. The number of rotatable bonds is 36. The highest BCUT2D eigenvalue weighted by Crippen LogP contribution is 2.26. The van der Waals surface area contributed by atoms with Crippen LogP contribution in [0.4, 0.5) is 0 Å². The molecule has 0 radical (unpaired) electrons. The molecule has 0 bridgehead atoms. The molecule has 6 aliphatic rings. The van der Waals surface area contributed by atoms with Crippen LogP contribution in [0, 0.1) is 0 Å². The normalized spacial score (nSPS) is 16.1. The van der Waals surface area contributed by atoms with Crippen molar-refractivity contribution in [2.75, 3.05) is 79.3 Å². The summed E-state index contributed by atoms with van der Waals surface area (Å²) < 4.78 is 67.1. The lowest BCUT2D eigenvalue weighted by molar-refractivity contribution is -0.162. The first-order valence-electron chi connectivity index (χ1n) is 38.7. The van der Waals surface area contributed by atoms with E-state index in [2.05, 4.69) is 0 Å². The van der Waals surface area contributed by atoms with Crippen LogP contribution in [-0.4, -0.2) is 254 Å². The van der Waals surface area contributed by atoms with Gasteiger partial charge in [-0.2, -0.15) is 0 Å². The zero-order valence-corrected chi connectivity index (χ0v) is 67.3. The third-order valence-corrected chi connectivity index (χ3v) is 19.2. The molecule has 6 atom stereocenters. The van der Waals surface area contributed by atoms with Gasteiger partial charge >= 0.3 is 41.8 Å². The number of carboxylic acid groups (broad SMARTS) is 6. The van der Waals surface area contributed by atoms with Gasteiger partial charge in [0.05, 0.1) is 92.1 Å². The second-order valence-corrected chi connectivity index (χ2v) is 28.9. The van der Waals surface area contributed by atoms with Crippen LogP contribution in [-0.2, 0) is 145 Å². The number of ether oxygens (including phenoxy) is 13. The van der Waals surface area contributed by atoms with Crippen LogP contribution in [0.25, 0.3) is 0 Å². The van der Waals surface area contributed by atoms with Crippen LogP contribution in [0.3, 0.4) is 0 Å². The van der Waals surface area contributed by atoms with E-state index in [0.717, 1.165) is 55.6 Å². The van der Waals surface area contributed by atoms with E-state index >= 15 is 0 Å². The average Bonchev–Trinajstić information content (AvgIpc) is 1.58. The predicted molar refractivity (Wildman–Crippen MR) is 470 cm³/mol. The van der Waals surface area contributed by atoms with Crippen LogP contribution >= 0.6 is 11.8 Å². The average molecular weight is 1820 g/mol. The van der Waals surface area contributed by atoms with Crippen molar-refractivity contribution in [1.29, 1.82) is 0 Å². The first kappa shape index (κ1) is 116. The van der Waals surface area contributed by atoms with Gasteiger partial charge < -0.3 is 127 Å². The van der Waals surface area contributed by atoms with E-state index in [1.165, 1.54) is 0 Å². The first-order chi connectivity index (χ1) is 58.4. The molecule has 6 fully saturated rings. The number of aliphatic carboxylic acids is 6. The molecule has 128 heavy (non-hydrogen) atoms. The van der Waals surface area contributed by atoms with Gasteiger partial charge in [-0.1, -0.05) is 166 Å².